The molecule has 6 nitrogen and oxygen atoms in total. The number of carbonyl (C=O) groups is 1. The van der Waals surface area contributed by atoms with Crippen molar-refractivity contribution in [2.75, 3.05) is 26.2 Å². The Morgan fingerprint density at radius 1 is 1.16 bits per heavy atom. The molecule has 2 aromatic rings. The van der Waals surface area contributed by atoms with Gasteiger partial charge in [-0.1, -0.05) is 30.3 Å². The van der Waals surface area contributed by atoms with Crippen LogP contribution in [0.5, 0.6) is 0 Å². The molecule has 1 amide bonds. The lowest BCUT2D eigenvalue weighted by molar-refractivity contribution is -0.138. The van der Waals surface area contributed by atoms with Crippen molar-refractivity contribution in [3.63, 3.8) is 0 Å². The SMILES string of the molecule is CC1=C(c2ccccc2)C(CC(O)C2CCN(C(=O)C3CCNCC3)CC2)n2cncc21. The molecule has 170 valence electrons. The number of fused-ring (bicyclic) bond motifs is 1. The van der Waals surface area contributed by atoms with Gasteiger partial charge in [-0.15, -0.1) is 0 Å². The van der Waals surface area contributed by atoms with E-state index in [0.717, 1.165) is 57.6 Å². The second-order valence-electron chi connectivity index (χ2n) is 9.60. The lowest BCUT2D eigenvalue weighted by Crippen LogP contribution is -2.46. The Labute approximate surface area is 190 Å². The molecule has 0 bridgehead atoms. The monoisotopic (exact) mass is 434 g/mol. The summed E-state index contributed by atoms with van der Waals surface area (Å²) in [4.78, 5) is 19.3. The number of likely N-dealkylation sites (tertiary alicyclic amines) is 1. The van der Waals surface area contributed by atoms with Crippen molar-refractivity contribution < 1.29 is 9.90 Å². The average Bonchev–Trinajstić information content (AvgIpc) is 3.43. The van der Waals surface area contributed by atoms with Gasteiger partial charge < -0.3 is 19.9 Å². The molecule has 0 saturated carbocycles. The lowest BCUT2D eigenvalue weighted by atomic mass is 9.84. The zero-order valence-corrected chi connectivity index (χ0v) is 18.9. The third kappa shape index (κ3) is 4.02. The largest absolute Gasteiger partial charge is 0.393 e. The van der Waals surface area contributed by atoms with Crippen LogP contribution >= 0.6 is 0 Å². The number of aliphatic hydroxyl groups is 1. The molecule has 1 aromatic carbocycles. The number of nitrogens with one attached hydrogen (secondary N) is 1. The number of piperidine rings is 2. The van der Waals surface area contributed by atoms with Crippen molar-refractivity contribution >= 4 is 17.1 Å². The zero-order valence-electron chi connectivity index (χ0n) is 18.9. The highest BCUT2D eigenvalue weighted by Gasteiger charge is 2.36. The van der Waals surface area contributed by atoms with Gasteiger partial charge in [0.1, 0.15) is 0 Å². The summed E-state index contributed by atoms with van der Waals surface area (Å²) in [6.07, 6.45) is 7.76. The quantitative estimate of drug-likeness (QED) is 0.757. The van der Waals surface area contributed by atoms with Crippen LogP contribution in [0.3, 0.4) is 0 Å². The van der Waals surface area contributed by atoms with Crippen LogP contribution in [0, 0.1) is 11.8 Å². The Bertz CT molecular complexity index is 969. The van der Waals surface area contributed by atoms with E-state index in [1.807, 2.05) is 23.5 Å². The summed E-state index contributed by atoms with van der Waals surface area (Å²) in [5.41, 5.74) is 4.89. The molecule has 2 fully saturated rings. The summed E-state index contributed by atoms with van der Waals surface area (Å²) < 4.78 is 2.22. The van der Waals surface area contributed by atoms with Crippen LogP contribution in [-0.2, 0) is 4.79 Å². The smallest absolute Gasteiger partial charge is 0.225 e. The highest BCUT2D eigenvalue weighted by Crippen LogP contribution is 2.45. The summed E-state index contributed by atoms with van der Waals surface area (Å²) in [6, 6.07) is 10.6. The molecule has 32 heavy (non-hydrogen) atoms. The Morgan fingerprint density at radius 2 is 1.88 bits per heavy atom. The summed E-state index contributed by atoms with van der Waals surface area (Å²) in [7, 11) is 0. The molecule has 0 radical (unpaired) electrons. The van der Waals surface area contributed by atoms with Gasteiger partial charge in [-0.2, -0.15) is 0 Å². The molecule has 3 aliphatic rings. The lowest BCUT2D eigenvalue weighted by Gasteiger charge is -2.37. The predicted molar refractivity (Wildman–Crippen MR) is 126 cm³/mol. The zero-order chi connectivity index (χ0) is 22.1. The van der Waals surface area contributed by atoms with E-state index in [4.69, 9.17) is 0 Å². The topological polar surface area (TPSA) is 70.4 Å². The molecule has 2 saturated heterocycles. The number of aliphatic hydroxyl groups excluding tert-OH is 1. The Morgan fingerprint density at radius 3 is 2.59 bits per heavy atom. The van der Waals surface area contributed by atoms with Crippen LogP contribution in [0.25, 0.3) is 11.1 Å². The summed E-state index contributed by atoms with van der Waals surface area (Å²) in [5.74, 6) is 0.734. The minimum Gasteiger partial charge on any atom is -0.393 e. The Hall–Kier alpha value is -2.44. The number of allylic oxidation sites excluding steroid dienone is 2. The van der Waals surface area contributed by atoms with Crippen molar-refractivity contribution in [2.24, 2.45) is 11.8 Å². The number of nitrogens with zero attached hydrogens (tertiary/aromatic N) is 3. The molecule has 3 aliphatic heterocycles. The van der Waals surface area contributed by atoms with Gasteiger partial charge >= 0.3 is 0 Å². The molecule has 1 aromatic heterocycles. The van der Waals surface area contributed by atoms with E-state index < -0.39 is 6.10 Å². The number of hydrogen-bond acceptors (Lipinski definition) is 4. The van der Waals surface area contributed by atoms with Gasteiger partial charge in [0, 0.05) is 19.0 Å². The first-order valence-corrected chi connectivity index (χ1v) is 12.1. The van der Waals surface area contributed by atoms with E-state index in [-0.39, 0.29) is 17.9 Å². The summed E-state index contributed by atoms with van der Waals surface area (Å²) >= 11 is 0. The van der Waals surface area contributed by atoms with Crippen LogP contribution in [0.4, 0.5) is 0 Å². The Balaban J connectivity index is 1.25. The van der Waals surface area contributed by atoms with Crippen LogP contribution in [0.2, 0.25) is 0 Å². The highest BCUT2D eigenvalue weighted by atomic mass is 16.3. The fourth-order valence-corrected chi connectivity index (χ4v) is 5.88. The predicted octanol–water partition coefficient (Wildman–Crippen LogP) is 3.36. The highest BCUT2D eigenvalue weighted by molar-refractivity contribution is 5.93. The molecular formula is C26H34N4O2. The molecule has 2 unspecified atom stereocenters. The number of rotatable bonds is 5. The second kappa shape index (κ2) is 9.20. The van der Waals surface area contributed by atoms with Crippen LogP contribution in [-0.4, -0.2) is 57.7 Å². The van der Waals surface area contributed by atoms with Gasteiger partial charge in [0.25, 0.3) is 0 Å². The van der Waals surface area contributed by atoms with Crippen molar-refractivity contribution in [2.45, 2.75) is 51.2 Å². The van der Waals surface area contributed by atoms with Gasteiger partial charge in [0.2, 0.25) is 5.91 Å². The molecule has 2 N–H and O–H groups in total. The second-order valence-corrected chi connectivity index (χ2v) is 9.60. The first kappa shape index (κ1) is 21.4. The molecule has 4 heterocycles. The van der Waals surface area contributed by atoms with Gasteiger partial charge in [0.05, 0.1) is 30.4 Å². The normalized spacial score (nSPS) is 23.4. The third-order valence-electron chi connectivity index (χ3n) is 7.76. The standard InChI is InChI=1S/C26H34N4O2/c1-18-23-16-28-17-30(23)22(25(18)20-5-3-2-4-6-20)15-24(31)19-9-13-29(14-10-19)26(32)21-7-11-27-12-8-21/h2-6,16-17,19,21-22,24,27,31H,7-15H2,1H3. The first-order chi connectivity index (χ1) is 15.6. The van der Waals surface area contributed by atoms with Crippen LogP contribution in [0.1, 0.15) is 56.3 Å². The molecule has 0 spiro atoms. The van der Waals surface area contributed by atoms with Crippen molar-refractivity contribution in [1.82, 2.24) is 19.8 Å². The first-order valence-electron chi connectivity index (χ1n) is 12.1. The van der Waals surface area contributed by atoms with Gasteiger partial charge in [-0.05, 0) is 74.7 Å². The van der Waals surface area contributed by atoms with Crippen molar-refractivity contribution in [1.29, 1.82) is 0 Å². The van der Waals surface area contributed by atoms with E-state index in [2.05, 4.69) is 46.1 Å². The van der Waals surface area contributed by atoms with Gasteiger partial charge in [-0.3, -0.25) is 4.79 Å². The number of aromatic nitrogens is 2. The molecule has 0 aliphatic carbocycles. The average molecular weight is 435 g/mol. The van der Waals surface area contributed by atoms with Crippen molar-refractivity contribution in [3.05, 3.63) is 54.1 Å². The van der Waals surface area contributed by atoms with E-state index >= 15 is 0 Å². The van der Waals surface area contributed by atoms with Crippen molar-refractivity contribution in [3.8, 4) is 0 Å². The number of amides is 1. The number of imidazole rings is 1. The van der Waals surface area contributed by atoms with E-state index in [1.54, 1.807) is 0 Å². The van der Waals surface area contributed by atoms with Crippen LogP contribution < -0.4 is 5.32 Å². The maximum Gasteiger partial charge on any atom is 0.225 e. The molecular weight excluding hydrogens is 400 g/mol. The van der Waals surface area contributed by atoms with Gasteiger partial charge in [0.15, 0.2) is 0 Å². The van der Waals surface area contributed by atoms with E-state index in [9.17, 15) is 9.90 Å². The van der Waals surface area contributed by atoms with E-state index in [0.29, 0.717) is 12.3 Å². The fraction of sp³-hybridized carbons (Fsp3) is 0.538. The van der Waals surface area contributed by atoms with E-state index in [1.165, 1.54) is 16.7 Å². The summed E-state index contributed by atoms with van der Waals surface area (Å²) in [6.45, 7) is 5.59. The molecule has 5 rings (SSSR count). The number of carbonyl (C=O) groups excluding carboxylic acids is 1. The van der Waals surface area contributed by atoms with Crippen LogP contribution in [0.15, 0.2) is 42.9 Å². The number of hydrogen-bond donors (Lipinski definition) is 2. The summed E-state index contributed by atoms with van der Waals surface area (Å²) in [5, 5.41) is 14.6. The maximum absolute atomic E-state index is 12.9. The third-order valence-corrected chi connectivity index (χ3v) is 7.76. The fourth-order valence-electron chi connectivity index (χ4n) is 5.88. The number of benzene rings is 1. The maximum atomic E-state index is 12.9. The Kier molecular flexibility index (Phi) is 6.15. The minimum absolute atomic E-state index is 0.0966. The molecule has 2 atom stereocenters. The van der Waals surface area contributed by atoms with Gasteiger partial charge in [-0.25, -0.2) is 4.98 Å². The molecule has 6 heteroatoms. The minimum atomic E-state index is -0.393.